The van der Waals surface area contributed by atoms with Gasteiger partial charge in [-0.1, -0.05) is 42.5 Å². The Kier molecular flexibility index (Phi) is 6.90. The molecular weight excluding hydrogens is 402 g/mol. The first-order valence-electron chi connectivity index (χ1n) is 11.2. The molecule has 0 atom stereocenters. The normalized spacial score (nSPS) is 13.8. The summed E-state index contributed by atoms with van der Waals surface area (Å²) in [7, 11) is 0. The third-order valence-electron chi connectivity index (χ3n) is 5.80. The van der Waals surface area contributed by atoms with Gasteiger partial charge in [-0.2, -0.15) is 0 Å². The maximum Gasteiger partial charge on any atom is 0.270 e. The second-order valence-corrected chi connectivity index (χ2v) is 7.84. The molecule has 1 aliphatic rings. The Morgan fingerprint density at radius 2 is 1.47 bits per heavy atom. The van der Waals surface area contributed by atoms with Gasteiger partial charge in [-0.3, -0.25) is 9.59 Å². The number of para-hydroxylation sites is 1. The van der Waals surface area contributed by atoms with Crippen LogP contribution in [-0.4, -0.2) is 59.0 Å². The molecule has 1 saturated heterocycles. The monoisotopic (exact) mass is 431 g/mol. The molecule has 2 amide bonds. The number of aryl methyl sites for hydroxylation is 2. The van der Waals surface area contributed by atoms with Crippen molar-refractivity contribution in [3.63, 3.8) is 0 Å². The molecule has 6 heteroatoms. The van der Waals surface area contributed by atoms with E-state index < -0.39 is 0 Å². The molecule has 6 nitrogen and oxygen atoms in total. The highest BCUT2D eigenvalue weighted by molar-refractivity contribution is 5.97. The zero-order chi connectivity index (χ0) is 22.3. The van der Waals surface area contributed by atoms with Crippen LogP contribution in [0.1, 0.15) is 33.3 Å². The number of hydrogen-bond donors (Lipinski definition) is 0. The molecule has 0 aliphatic carbocycles. The van der Waals surface area contributed by atoms with E-state index in [0.717, 1.165) is 13.0 Å². The van der Waals surface area contributed by atoms with E-state index in [2.05, 4.69) is 12.1 Å². The molecule has 1 aliphatic heterocycles. The standard InChI is InChI=1S/C26H29N3O3/c1-2-32-24-13-7-6-11-22(24)25(30)28-17-19-29(20-18-28)26(31)23-12-8-15-27(23)16-14-21-9-4-3-5-10-21/h3-13,15H,2,14,16-20H2,1H3. The van der Waals surface area contributed by atoms with Crippen molar-refractivity contribution in [3.8, 4) is 5.75 Å². The third-order valence-corrected chi connectivity index (χ3v) is 5.80. The molecule has 2 aromatic carbocycles. The minimum Gasteiger partial charge on any atom is -0.493 e. The highest BCUT2D eigenvalue weighted by Gasteiger charge is 2.27. The topological polar surface area (TPSA) is 54.8 Å². The van der Waals surface area contributed by atoms with Crippen molar-refractivity contribution in [3.05, 3.63) is 89.7 Å². The van der Waals surface area contributed by atoms with E-state index in [-0.39, 0.29) is 11.8 Å². The number of piperazine rings is 1. The van der Waals surface area contributed by atoms with Crippen LogP contribution in [0, 0.1) is 0 Å². The highest BCUT2D eigenvalue weighted by Crippen LogP contribution is 2.21. The summed E-state index contributed by atoms with van der Waals surface area (Å²) in [5.74, 6) is 0.576. The second-order valence-electron chi connectivity index (χ2n) is 7.84. The van der Waals surface area contributed by atoms with E-state index >= 15 is 0 Å². The molecule has 32 heavy (non-hydrogen) atoms. The zero-order valence-corrected chi connectivity index (χ0v) is 18.4. The largest absolute Gasteiger partial charge is 0.493 e. The van der Waals surface area contributed by atoms with Gasteiger partial charge in [-0.25, -0.2) is 0 Å². The molecule has 0 spiro atoms. The van der Waals surface area contributed by atoms with E-state index in [1.165, 1.54) is 5.56 Å². The maximum absolute atomic E-state index is 13.2. The Morgan fingerprint density at radius 1 is 0.812 bits per heavy atom. The molecule has 4 rings (SSSR count). The van der Waals surface area contributed by atoms with E-state index in [4.69, 9.17) is 4.74 Å². The smallest absolute Gasteiger partial charge is 0.270 e. The number of amides is 2. The number of hydrogen-bond acceptors (Lipinski definition) is 3. The Hall–Kier alpha value is -3.54. The summed E-state index contributed by atoms with van der Waals surface area (Å²) in [6, 6.07) is 21.4. The molecule has 166 valence electrons. The van der Waals surface area contributed by atoms with Gasteiger partial charge in [0.2, 0.25) is 0 Å². The van der Waals surface area contributed by atoms with Crippen LogP contribution < -0.4 is 4.74 Å². The summed E-state index contributed by atoms with van der Waals surface area (Å²) in [5, 5.41) is 0. The molecule has 0 unspecified atom stereocenters. The fourth-order valence-electron chi connectivity index (χ4n) is 4.07. The van der Waals surface area contributed by atoms with Crippen molar-refractivity contribution < 1.29 is 14.3 Å². The number of nitrogens with zero attached hydrogens (tertiary/aromatic N) is 3. The minimum absolute atomic E-state index is 0.0184. The average Bonchev–Trinajstić information content (AvgIpc) is 3.32. The molecule has 3 aromatic rings. The van der Waals surface area contributed by atoms with Crippen LogP contribution in [-0.2, 0) is 13.0 Å². The number of benzene rings is 2. The van der Waals surface area contributed by atoms with Crippen LogP contribution in [0.15, 0.2) is 72.9 Å². The SMILES string of the molecule is CCOc1ccccc1C(=O)N1CCN(C(=O)c2cccn2CCc2ccccc2)CC1. The lowest BCUT2D eigenvalue weighted by molar-refractivity contribution is 0.0527. The minimum atomic E-state index is -0.0487. The van der Waals surface area contributed by atoms with Crippen molar-refractivity contribution >= 4 is 11.8 Å². The first-order chi connectivity index (χ1) is 15.7. The Balaban J connectivity index is 1.36. The van der Waals surface area contributed by atoms with Crippen LogP contribution in [0.4, 0.5) is 0 Å². The van der Waals surface area contributed by atoms with Crippen molar-refractivity contribution in [2.45, 2.75) is 19.9 Å². The van der Waals surface area contributed by atoms with Crippen LogP contribution in [0.3, 0.4) is 0 Å². The van der Waals surface area contributed by atoms with Gasteiger partial charge in [0.1, 0.15) is 11.4 Å². The third kappa shape index (κ3) is 4.85. The Morgan fingerprint density at radius 3 is 2.19 bits per heavy atom. The number of aromatic nitrogens is 1. The van der Waals surface area contributed by atoms with Crippen molar-refractivity contribution in [1.82, 2.24) is 14.4 Å². The summed E-state index contributed by atoms with van der Waals surface area (Å²) < 4.78 is 7.63. The first kappa shape index (κ1) is 21.7. The molecule has 2 heterocycles. The second kappa shape index (κ2) is 10.2. The van der Waals surface area contributed by atoms with Crippen LogP contribution in [0.2, 0.25) is 0 Å². The Labute approximate surface area is 189 Å². The predicted octanol–water partition coefficient (Wildman–Crippen LogP) is 3.73. The predicted molar refractivity (Wildman–Crippen MR) is 124 cm³/mol. The van der Waals surface area contributed by atoms with Crippen LogP contribution in [0.5, 0.6) is 5.75 Å². The summed E-state index contributed by atoms with van der Waals surface area (Å²) >= 11 is 0. The summed E-state index contributed by atoms with van der Waals surface area (Å²) in [6.45, 7) is 5.23. The van der Waals surface area contributed by atoms with E-state index in [9.17, 15) is 9.59 Å². The molecule has 0 radical (unpaired) electrons. The number of ether oxygens (including phenoxy) is 1. The Bertz CT molecular complexity index is 1050. The van der Waals surface area contributed by atoms with Gasteiger partial charge in [0.25, 0.3) is 11.8 Å². The van der Waals surface area contributed by atoms with Crippen molar-refractivity contribution in [2.75, 3.05) is 32.8 Å². The molecule has 0 N–H and O–H groups in total. The maximum atomic E-state index is 13.2. The van der Waals surface area contributed by atoms with Gasteiger partial charge < -0.3 is 19.1 Å². The van der Waals surface area contributed by atoms with E-state index in [0.29, 0.717) is 49.8 Å². The zero-order valence-electron chi connectivity index (χ0n) is 18.4. The van der Waals surface area contributed by atoms with E-state index in [1.54, 1.807) is 11.0 Å². The van der Waals surface area contributed by atoms with Crippen LogP contribution >= 0.6 is 0 Å². The summed E-state index contributed by atoms with van der Waals surface area (Å²) in [6.07, 6.45) is 2.83. The number of carbonyl (C=O) groups excluding carboxylic acids is 2. The lowest BCUT2D eigenvalue weighted by Crippen LogP contribution is -2.51. The summed E-state index contributed by atoms with van der Waals surface area (Å²) in [5.41, 5.74) is 2.52. The van der Waals surface area contributed by atoms with Gasteiger partial charge in [0.15, 0.2) is 0 Å². The summed E-state index contributed by atoms with van der Waals surface area (Å²) in [4.78, 5) is 29.8. The van der Waals surface area contributed by atoms with Crippen LogP contribution in [0.25, 0.3) is 0 Å². The molecule has 0 bridgehead atoms. The van der Waals surface area contributed by atoms with Crippen molar-refractivity contribution in [2.24, 2.45) is 0 Å². The van der Waals surface area contributed by atoms with Gasteiger partial charge in [0, 0.05) is 38.9 Å². The molecule has 0 saturated carbocycles. The average molecular weight is 432 g/mol. The fraction of sp³-hybridized carbons (Fsp3) is 0.308. The van der Waals surface area contributed by atoms with Gasteiger partial charge in [-0.05, 0) is 43.2 Å². The van der Waals surface area contributed by atoms with E-state index in [1.807, 2.05) is 71.1 Å². The highest BCUT2D eigenvalue weighted by atomic mass is 16.5. The van der Waals surface area contributed by atoms with Gasteiger partial charge in [0.05, 0.1) is 12.2 Å². The quantitative estimate of drug-likeness (QED) is 0.573. The van der Waals surface area contributed by atoms with Gasteiger partial charge in [-0.15, -0.1) is 0 Å². The number of carbonyl (C=O) groups is 2. The van der Waals surface area contributed by atoms with Gasteiger partial charge >= 0.3 is 0 Å². The lowest BCUT2D eigenvalue weighted by atomic mass is 10.1. The molecule has 1 aromatic heterocycles. The fourth-order valence-corrected chi connectivity index (χ4v) is 4.07. The molecular formula is C26H29N3O3. The first-order valence-corrected chi connectivity index (χ1v) is 11.2. The molecule has 1 fully saturated rings. The number of rotatable bonds is 7. The lowest BCUT2D eigenvalue weighted by Gasteiger charge is -2.35. The van der Waals surface area contributed by atoms with Crippen molar-refractivity contribution in [1.29, 1.82) is 0 Å².